The number of carbonyl (C=O) groups excluding carboxylic acids is 1. The van der Waals surface area contributed by atoms with Gasteiger partial charge in [-0.3, -0.25) is 4.79 Å². The minimum absolute atomic E-state index is 0.0941. The molecule has 0 saturated carbocycles. The summed E-state index contributed by atoms with van der Waals surface area (Å²) in [4.78, 5) is 14.6. The van der Waals surface area contributed by atoms with Crippen LogP contribution in [-0.4, -0.2) is 42.2 Å². The first-order valence-electron chi connectivity index (χ1n) is 8.42. The summed E-state index contributed by atoms with van der Waals surface area (Å²) in [5.41, 5.74) is 3.76. The van der Waals surface area contributed by atoms with Gasteiger partial charge in [-0.25, -0.2) is 0 Å². The van der Waals surface area contributed by atoms with Crippen LogP contribution in [0.15, 0.2) is 48.5 Å². The molecule has 0 fully saturated rings. The van der Waals surface area contributed by atoms with E-state index in [4.69, 9.17) is 5.11 Å². The number of aliphatic hydroxyl groups excluding tert-OH is 1. The number of rotatable bonds is 8. The third-order valence-corrected chi connectivity index (χ3v) is 4.08. The van der Waals surface area contributed by atoms with Gasteiger partial charge in [0.05, 0.1) is 6.61 Å². The average Bonchev–Trinajstić information content (AvgIpc) is 2.60. The first-order valence-corrected chi connectivity index (χ1v) is 8.42. The number of nitrogens with one attached hydrogen (secondary N) is 1. The Balaban J connectivity index is 1.98. The molecule has 128 valence electrons. The number of amides is 1. The normalized spacial score (nSPS) is 10.8. The molecular weight excluding hydrogens is 300 g/mol. The van der Waals surface area contributed by atoms with Crippen molar-refractivity contribution in [1.82, 2.24) is 4.90 Å². The molecule has 0 aliphatic rings. The van der Waals surface area contributed by atoms with Crippen molar-refractivity contribution >= 4 is 11.6 Å². The lowest BCUT2D eigenvalue weighted by Gasteiger charge is -2.19. The first-order chi connectivity index (χ1) is 11.6. The Morgan fingerprint density at radius 2 is 1.88 bits per heavy atom. The summed E-state index contributed by atoms with van der Waals surface area (Å²) >= 11 is 0. The molecule has 0 aromatic heterocycles. The van der Waals surface area contributed by atoms with Gasteiger partial charge < -0.3 is 15.3 Å². The number of anilines is 1. The third kappa shape index (κ3) is 5.48. The van der Waals surface area contributed by atoms with E-state index in [0.29, 0.717) is 12.1 Å². The maximum Gasteiger partial charge on any atom is 0.255 e. The lowest BCUT2D eigenvalue weighted by atomic mass is 10.1. The minimum atomic E-state index is -0.0941. The van der Waals surface area contributed by atoms with Crippen LogP contribution < -0.4 is 5.32 Å². The zero-order valence-corrected chi connectivity index (χ0v) is 14.5. The van der Waals surface area contributed by atoms with Gasteiger partial charge >= 0.3 is 0 Å². The number of hydrogen-bond donors (Lipinski definition) is 2. The maximum absolute atomic E-state index is 12.4. The lowest BCUT2D eigenvalue weighted by molar-refractivity contribution is 0.102. The van der Waals surface area contributed by atoms with Gasteiger partial charge in [-0.05, 0) is 49.7 Å². The van der Waals surface area contributed by atoms with Crippen LogP contribution >= 0.6 is 0 Å². The molecule has 2 aromatic carbocycles. The van der Waals surface area contributed by atoms with E-state index in [1.165, 1.54) is 5.56 Å². The zero-order valence-electron chi connectivity index (χ0n) is 14.5. The van der Waals surface area contributed by atoms with Gasteiger partial charge in [0.15, 0.2) is 0 Å². The fourth-order valence-electron chi connectivity index (χ4n) is 2.56. The predicted octanol–water partition coefficient (Wildman–Crippen LogP) is 3.10. The van der Waals surface area contributed by atoms with E-state index in [0.717, 1.165) is 30.8 Å². The van der Waals surface area contributed by atoms with Crippen molar-refractivity contribution in [1.29, 1.82) is 0 Å². The molecule has 0 spiro atoms. The molecule has 0 aliphatic carbocycles. The minimum Gasteiger partial charge on any atom is -0.395 e. The highest BCUT2D eigenvalue weighted by atomic mass is 16.3. The molecule has 4 nitrogen and oxygen atoms in total. The molecule has 0 bridgehead atoms. The van der Waals surface area contributed by atoms with Crippen molar-refractivity contribution in [3.8, 4) is 0 Å². The van der Waals surface area contributed by atoms with E-state index in [1.807, 2.05) is 55.5 Å². The molecule has 2 aromatic rings. The van der Waals surface area contributed by atoms with E-state index in [9.17, 15) is 4.79 Å². The summed E-state index contributed by atoms with van der Waals surface area (Å²) in [6.07, 6.45) is 0.861. The molecule has 0 aliphatic heterocycles. The van der Waals surface area contributed by atoms with Crippen LogP contribution in [0, 0.1) is 6.92 Å². The van der Waals surface area contributed by atoms with Crippen LogP contribution in [-0.2, 0) is 6.42 Å². The largest absolute Gasteiger partial charge is 0.395 e. The maximum atomic E-state index is 12.4. The van der Waals surface area contributed by atoms with Crippen molar-refractivity contribution in [3.63, 3.8) is 0 Å². The molecule has 1 amide bonds. The number of benzene rings is 2. The van der Waals surface area contributed by atoms with Crippen molar-refractivity contribution in [2.24, 2.45) is 0 Å². The second-order valence-corrected chi connectivity index (χ2v) is 5.93. The molecule has 0 saturated heterocycles. The second-order valence-electron chi connectivity index (χ2n) is 5.93. The Labute approximate surface area is 144 Å². The number of aliphatic hydroxyl groups is 1. The summed E-state index contributed by atoms with van der Waals surface area (Å²) in [6, 6.07) is 15.5. The summed E-state index contributed by atoms with van der Waals surface area (Å²) in [5.74, 6) is -0.0941. The van der Waals surface area contributed by atoms with Crippen LogP contribution in [0.4, 0.5) is 5.69 Å². The van der Waals surface area contributed by atoms with Gasteiger partial charge in [-0.2, -0.15) is 0 Å². The van der Waals surface area contributed by atoms with Crippen LogP contribution in [0.25, 0.3) is 0 Å². The first kappa shape index (κ1) is 18.2. The molecule has 2 N–H and O–H groups in total. The Kier molecular flexibility index (Phi) is 6.97. The van der Waals surface area contributed by atoms with Crippen LogP contribution in [0.5, 0.6) is 0 Å². The highest BCUT2D eigenvalue weighted by Gasteiger charge is 2.08. The molecule has 0 unspecified atom stereocenters. The fraction of sp³-hybridized carbons (Fsp3) is 0.350. The van der Waals surface area contributed by atoms with E-state index in [-0.39, 0.29) is 12.5 Å². The van der Waals surface area contributed by atoms with Crippen molar-refractivity contribution in [2.45, 2.75) is 20.3 Å². The van der Waals surface area contributed by atoms with E-state index in [2.05, 4.69) is 17.1 Å². The number of likely N-dealkylation sites (N-methyl/N-ethyl adjacent to an activating group) is 1. The SMILES string of the molecule is CCN(CCO)CCc1cccc(C(=O)Nc2ccc(C)cc2)c1. The predicted molar refractivity (Wildman–Crippen MR) is 98.5 cm³/mol. The topological polar surface area (TPSA) is 52.6 Å². The summed E-state index contributed by atoms with van der Waals surface area (Å²) in [5, 5.41) is 12.0. The average molecular weight is 326 g/mol. The molecule has 2 rings (SSSR count). The highest BCUT2D eigenvalue weighted by molar-refractivity contribution is 6.04. The second kappa shape index (κ2) is 9.21. The van der Waals surface area contributed by atoms with Gasteiger partial charge in [0, 0.05) is 24.3 Å². The summed E-state index contributed by atoms with van der Waals surface area (Å²) in [7, 11) is 0. The Morgan fingerprint density at radius 3 is 2.54 bits per heavy atom. The van der Waals surface area contributed by atoms with Crippen LogP contribution in [0.1, 0.15) is 28.4 Å². The van der Waals surface area contributed by atoms with Gasteiger partial charge in [-0.15, -0.1) is 0 Å². The van der Waals surface area contributed by atoms with E-state index >= 15 is 0 Å². The molecule has 0 atom stereocenters. The lowest BCUT2D eigenvalue weighted by Crippen LogP contribution is -2.28. The van der Waals surface area contributed by atoms with E-state index < -0.39 is 0 Å². The molecule has 0 radical (unpaired) electrons. The molecular formula is C20H26N2O2. The molecule has 24 heavy (non-hydrogen) atoms. The van der Waals surface area contributed by atoms with E-state index in [1.54, 1.807) is 0 Å². The van der Waals surface area contributed by atoms with Gasteiger partial charge in [0.2, 0.25) is 0 Å². The number of hydrogen-bond acceptors (Lipinski definition) is 3. The Bertz CT molecular complexity index is 653. The highest BCUT2D eigenvalue weighted by Crippen LogP contribution is 2.12. The Morgan fingerprint density at radius 1 is 1.12 bits per heavy atom. The fourth-order valence-corrected chi connectivity index (χ4v) is 2.56. The van der Waals surface area contributed by atoms with Gasteiger partial charge in [0.1, 0.15) is 0 Å². The summed E-state index contributed by atoms with van der Waals surface area (Å²) in [6.45, 7) is 6.75. The zero-order chi connectivity index (χ0) is 17.4. The number of aryl methyl sites for hydroxylation is 1. The number of nitrogens with zero attached hydrogens (tertiary/aromatic N) is 1. The molecule has 0 heterocycles. The van der Waals surface area contributed by atoms with Gasteiger partial charge in [0.25, 0.3) is 5.91 Å². The van der Waals surface area contributed by atoms with Crippen LogP contribution in [0.2, 0.25) is 0 Å². The van der Waals surface area contributed by atoms with Crippen molar-refractivity contribution < 1.29 is 9.90 Å². The monoisotopic (exact) mass is 326 g/mol. The van der Waals surface area contributed by atoms with Crippen molar-refractivity contribution in [2.75, 3.05) is 31.6 Å². The quantitative estimate of drug-likeness (QED) is 0.784. The summed E-state index contributed by atoms with van der Waals surface area (Å²) < 4.78 is 0. The number of carbonyl (C=O) groups is 1. The van der Waals surface area contributed by atoms with Crippen molar-refractivity contribution in [3.05, 3.63) is 65.2 Å². The smallest absolute Gasteiger partial charge is 0.255 e. The third-order valence-electron chi connectivity index (χ3n) is 4.08. The molecule has 4 heteroatoms. The van der Waals surface area contributed by atoms with Crippen LogP contribution in [0.3, 0.4) is 0 Å². The van der Waals surface area contributed by atoms with Gasteiger partial charge in [-0.1, -0.05) is 36.8 Å². The Hall–Kier alpha value is -2.17. The standard InChI is InChI=1S/C20H26N2O2/c1-3-22(13-14-23)12-11-17-5-4-6-18(15-17)20(24)21-19-9-7-16(2)8-10-19/h4-10,15,23H,3,11-14H2,1-2H3,(H,21,24).